The predicted molar refractivity (Wildman–Crippen MR) is 274 cm³/mol. The molecule has 2 bridgehead atoms. The maximum absolute atomic E-state index is 14.5. The topological polar surface area (TPSA) is 211 Å². The summed E-state index contributed by atoms with van der Waals surface area (Å²) in [5.41, 5.74) is 1.24. The number of nitrogens with zero attached hydrogens (tertiary/aromatic N) is 1. The fourth-order valence-electron chi connectivity index (χ4n) is 10.9. The number of hydrogen-bond acceptors (Lipinski definition) is 15. The summed E-state index contributed by atoms with van der Waals surface area (Å²) in [6, 6.07) is -1.17. The number of cyclic esters (lactones) is 1. The van der Waals surface area contributed by atoms with Gasteiger partial charge in [0.05, 0.1) is 30.5 Å². The van der Waals surface area contributed by atoms with Crippen molar-refractivity contribution in [2.45, 2.75) is 200 Å². The number of ketones is 3. The van der Waals surface area contributed by atoms with Crippen molar-refractivity contribution < 1.29 is 71.5 Å². The van der Waals surface area contributed by atoms with Crippen molar-refractivity contribution >= 4 is 36.8 Å². The number of carbonyl (C=O) groups excluding carboxylic acids is 5. The fourth-order valence-corrected chi connectivity index (χ4v) is 12.4. The smallest absolute Gasteiger partial charge is 0.329 e. The van der Waals surface area contributed by atoms with E-state index in [-0.39, 0.29) is 48.9 Å². The normalized spacial score (nSPS) is 38.6. The molecule has 16 nitrogen and oxygen atoms in total. The number of carbonyl (C=O) groups is 5. The molecule has 408 valence electrons. The molecule has 0 aromatic rings. The Morgan fingerprint density at radius 2 is 1.56 bits per heavy atom. The molecule has 0 radical (unpaired) electrons. The highest BCUT2D eigenvalue weighted by Gasteiger charge is 2.53. The molecule has 0 spiro atoms. The summed E-state index contributed by atoms with van der Waals surface area (Å²) in [7, 11) is 1.15. The highest BCUT2D eigenvalue weighted by Crippen LogP contribution is 2.49. The van der Waals surface area contributed by atoms with E-state index in [0.29, 0.717) is 69.8 Å². The minimum atomic E-state index is -3.37. The number of aliphatic hydroxyl groups excluding tert-OH is 1. The van der Waals surface area contributed by atoms with E-state index in [1.54, 1.807) is 54.9 Å². The van der Waals surface area contributed by atoms with E-state index in [1.165, 1.54) is 18.7 Å². The molecule has 4 rings (SSSR count). The molecule has 3 heterocycles. The molecule has 3 aliphatic heterocycles. The summed E-state index contributed by atoms with van der Waals surface area (Å²) in [4.78, 5) is 72.5. The molecule has 1 saturated carbocycles. The van der Waals surface area contributed by atoms with Gasteiger partial charge in [0.25, 0.3) is 11.7 Å². The van der Waals surface area contributed by atoms with Crippen LogP contribution in [0, 0.1) is 35.5 Å². The second-order valence-corrected chi connectivity index (χ2v) is 23.6. The number of aliphatic hydroxyl groups is 2. The fraction of sp³-hybridized carbons (Fsp3) is 0.764. The number of hydrogen-bond donors (Lipinski definition) is 2. The van der Waals surface area contributed by atoms with Gasteiger partial charge in [-0.1, -0.05) is 71.1 Å². The lowest BCUT2D eigenvalue weighted by molar-refractivity contribution is -0.265. The summed E-state index contributed by atoms with van der Waals surface area (Å²) in [5, 5.41) is 23.5. The molecule has 16 atom stereocenters. The number of esters is 1. The Bertz CT molecular complexity index is 2020. The Balaban J connectivity index is 1.70. The molecular weight excluding hydrogens is 946 g/mol. The quantitative estimate of drug-likeness (QED) is 0.0910. The molecular formula is C55H88NO15P. The van der Waals surface area contributed by atoms with Crippen molar-refractivity contribution in [1.82, 2.24) is 4.90 Å². The second kappa shape index (κ2) is 28.1. The predicted octanol–water partition coefficient (Wildman–Crippen LogP) is 8.45. The van der Waals surface area contributed by atoms with Gasteiger partial charge < -0.3 is 47.8 Å². The summed E-state index contributed by atoms with van der Waals surface area (Å²) < 4.78 is 54.6. The molecule has 0 aromatic carbocycles. The Labute approximate surface area is 429 Å². The summed E-state index contributed by atoms with van der Waals surface area (Å²) in [6.45, 7) is 17.7. The van der Waals surface area contributed by atoms with Crippen molar-refractivity contribution in [1.29, 1.82) is 0 Å². The van der Waals surface area contributed by atoms with E-state index in [0.717, 1.165) is 5.57 Å². The minimum absolute atomic E-state index is 0.00576. The van der Waals surface area contributed by atoms with Crippen LogP contribution >= 0.6 is 7.60 Å². The van der Waals surface area contributed by atoms with E-state index in [4.69, 9.17) is 32.7 Å². The summed E-state index contributed by atoms with van der Waals surface area (Å²) in [5.74, 6) is -8.28. The first-order valence-corrected chi connectivity index (χ1v) is 28.3. The van der Waals surface area contributed by atoms with Crippen LogP contribution < -0.4 is 0 Å². The Morgan fingerprint density at radius 3 is 2.21 bits per heavy atom. The molecule has 2 N–H and O–H groups in total. The SMILES string of the molecule is CO[C@H]1C[C@@H]2CC[C@@H](C)C(O)(O2)C(=O)C(=O)N2CCCCC2C(=O)O[C@H]([C@H](C)C[C@@H]2CC[C@@H](OP(C)(=O)OC(C)C)[C@H](OC)C2)CC(=O)[C@H](C)/C=C(\C)[C@@H](O)[C@@H](OC)C(=O)[C@H](C)C[C@H](C)/C=C/C=C/C=C/1C. The van der Waals surface area contributed by atoms with Crippen LogP contribution in [0.25, 0.3) is 0 Å². The number of rotatable bonds is 10. The number of amides is 1. The first-order chi connectivity index (χ1) is 33.9. The lowest BCUT2D eigenvalue weighted by atomic mass is 9.78. The van der Waals surface area contributed by atoms with Crippen molar-refractivity contribution in [3.8, 4) is 0 Å². The van der Waals surface area contributed by atoms with Crippen molar-refractivity contribution in [2.24, 2.45) is 35.5 Å². The van der Waals surface area contributed by atoms with E-state index >= 15 is 0 Å². The molecule has 0 aromatic heterocycles. The first kappa shape index (κ1) is 61.4. The highest BCUT2D eigenvalue weighted by molar-refractivity contribution is 7.53. The van der Waals surface area contributed by atoms with Gasteiger partial charge in [0.15, 0.2) is 5.78 Å². The largest absolute Gasteiger partial charge is 0.460 e. The van der Waals surface area contributed by atoms with Gasteiger partial charge in [0.2, 0.25) is 5.79 Å². The third-order valence-electron chi connectivity index (χ3n) is 15.2. The first-order valence-electron chi connectivity index (χ1n) is 26.3. The number of piperidine rings is 1. The Morgan fingerprint density at radius 1 is 0.847 bits per heavy atom. The molecule has 4 aliphatic rings. The zero-order valence-corrected chi connectivity index (χ0v) is 46.3. The van der Waals surface area contributed by atoms with Gasteiger partial charge >= 0.3 is 13.6 Å². The maximum atomic E-state index is 14.5. The van der Waals surface area contributed by atoms with Crippen LogP contribution in [0.1, 0.15) is 139 Å². The van der Waals surface area contributed by atoms with Crippen LogP contribution in [-0.2, 0) is 61.3 Å². The lowest BCUT2D eigenvalue weighted by Gasteiger charge is -2.42. The Hall–Kier alpha value is -3.18. The lowest BCUT2D eigenvalue weighted by Crippen LogP contribution is -2.61. The average molecular weight is 1030 g/mol. The van der Waals surface area contributed by atoms with Crippen LogP contribution in [0.2, 0.25) is 0 Å². The van der Waals surface area contributed by atoms with Gasteiger partial charge in [0, 0.05) is 65.1 Å². The third-order valence-corrected chi connectivity index (χ3v) is 16.6. The van der Waals surface area contributed by atoms with E-state index in [1.807, 2.05) is 58.1 Å². The third kappa shape index (κ3) is 16.9. The van der Waals surface area contributed by atoms with Gasteiger partial charge in [-0.05, 0) is 121 Å². The van der Waals surface area contributed by atoms with Gasteiger partial charge in [0.1, 0.15) is 30.1 Å². The monoisotopic (exact) mass is 1030 g/mol. The molecule has 72 heavy (non-hydrogen) atoms. The number of fused-ring (bicyclic) bond motifs is 3. The van der Waals surface area contributed by atoms with Crippen LogP contribution in [0.4, 0.5) is 0 Å². The average Bonchev–Trinajstić information content (AvgIpc) is 3.32. The molecule has 1 amide bonds. The number of methoxy groups -OCH3 is 3. The van der Waals surface area contributed by atoms with Crippen LogP contribution in [0.15, 0.2) is 47.6 Å². The molecule has 1 aliphatic carbocycles. The molecule has 17 heteroatoms. The minimum Gasteiger partial charge on any atom is -0.460 e. The standard InChI is InChI=1S/C55H88NO15P/c1-33(2)70-72(13,64)71-45-25-23-41(30-48(45)66-11)29-37(6)47-32-44(57)36(5)28-39(8)50(59)51(67-12)49(58)38(7)27-34(3)19-15-14-16-20-35(4)46(65-10)31-42-24-22-40(9)55(63,69-42)52(60)53(61)56-26-18-17-21-43(56)54(62)68-47/h14-16,19-20,28,33-34,36-38,40-43,45-48,50-51,59,63H,17-18,21-27,29-32H2,1-13H3/b16-14+,19-15+,35-20+,39-28+/t34-,36-,37-,38-,40-,41+,42+,43?,45-,46+,47+,48-,50-,51+,55?,72?/m1/s1. The molecule has 3 fully saturated rings. The zero-order chi connectivity index (χ0) is 53.7. The van der Waals surface area contributed by atoms with Crippen molar-refractivity contribution in [3.63, 3.8) is 0 Å². The van der Waals surface area contributed by atoms with Gasteiger partial charge in [-0.3, -0.25) is 23.7 Å². The van der Waals surface area contributed by atoms with Crippen LogP contribution in [0.3, 0.4) is 0 Å². The van der Waals surface area contributed by atoms with E-state index in [9.17, 15) is 38.8 Å². The molecule has 3 unspecified atom stereocenters. The Kier molecular flexibility index (Phi) is 23.9. The van der Waals surface area contributed by atoms with Crippen LogP contribution in [0.5, 0.6) is 0 Å². The van der Waals surface area contributed by atoms with Gasteiger partial charge in [-0.2, -0.15) is 0 Å². The van der Waals surface area contributed by atoms with E-state index in [2.05, 4.69) is 0 Å². The molecule has 2 saturated heterocycles. The zero-order valence-electron chi connectivity index (χ0n) is 45.4. The maximum Gasteiger partial charge on any atom is 0.329 e. The number of Topliss-reactive ketones (excluding diaryl/α,β-unsaturated/α-hetero) is 3. The van der Waals surface area contributed by atoms with Crippen LogP contribution in [-0.4, -0.2) is 140 Å². The van der Waals surface area contributed by atoms with Gasteiger partial charge in [-0.15, -0.1) is 0 Å². The van der Waals surface area contributed by atoms with E-state index < -0.39 is 103 Å². The summed E-state index contributed by atoms with van der Waals surface area (Å²) in [6.07, 6.45) is 10.5. The highest BCUT2D eigenvalue weighted by atomic mass is 31.2. The van der Waals surface area contributed by atoms with Crippen molar-refractivity contribution in [2.75, 3.05) is 34.5 Å². The second-order valence-electron chi connectivity index (χ2n) is 21.6. The number of allylic oxidation sites excluding steroid dienone is 6. The number of ether oxygens (including phenoxy) is 5. The summed E-state index contributed by atoms with van der Waals surface area (Å²) >= 11 is 0. The van der Waals surface area contributed by atoms with Gasteiger partial charge in [-0.25, -0.2) is 4.79 Å². The van der Waals surface area contributed by atoms with Crippen molar-refractivity contribution in [3.05, 3.63) is 47.6 Å².